The maximum atomic E-state index is 12.5. The van der Waals surface area contributed by atoms with Crippen LogP contribution >= 0.6 is 0 Å². The number of alkyl halides is 3. The number of nitrogens with one attached hydrogen (secondary N) is 3. The Kier molecular flexibility index (Phi) is 10.2. The van der Waals surface area contributed by atoms with Crippen LogP contribution in [0.3, 0.4) is 0 Å². The summed E-state index contributed by atoms with van der Waals surface area (Å²) < 4.78 is 37.5. The highest BCUT2D eigenvalue weighted by Gasteiger charge is 2.30. The van der Waals surface area contributed by atoms with Crippen LogP contribution in [-0.4, -0.2) is 24.3 Å². The normalized spacial score (nSPS) is 12.2. The first kappa shape index (κ1) is 24.5. The number of amides is 3. The Labute approximate surface area is 168 Å². The van der Waals surface area contributed by atoms with E-state index < -0.39 is 23.6 Å². The molecule has 0 heterocycles. The number of benzene rings is 1. The summed E-state index contributed by atoms with van der Waals surface area (Å²) in [6.07, 6.45) is -0.410. The molecule has 0 aliphatic carbocycles. The molecule has 0 fully saturated rings. The highest BCUT2D eigenvalue weighted by Crippen LogP contribution is 2.29. The lowest BCUT2D eigenvalue weighted by Gasteiger charge is -2.15. The van der Waals surface area contributed by atoms with Gasteiger partial charge in [0.1, 0.15) is 0 Å². The Morgan fingerprint density at radius 1 is 0.966 bits per heavy atom. The number of carbonyl (C=O) groups is 3. The molecular formula is C20H28F3N3O3. The number of carbonyl (C=O) groups excluding carboxylic acids is 3. The third-order valence-electron chi connectivity index (χ3n) is 4.50. The van der Waals surface area contributed by atoms with Crippen LogP contribution in [0.2, 0.25) is 0 Å². The van der Waals surface area contributed by atoms with Crippen molar-refractivity contribution in [3.05, 3.63) is 35.4 Å². The molecule has 1 atom stereocenters. The first-order chi connectivity index (χ1) is 13.7. The van der Waals surface area contributed by atoms with Gasteiger partial charge in [-0.25, -0.2) is 0 Å². The molecular weight excluding hydrogens is 387 g/mol. The van der Waals surface area contributed by atoms with Gasteiger partial charge in [-0.2, -0.15) is 13.2 Å². The van der Waals surface area contributed by atoms with Crippen LogP contribution in [0.4, 0.5) is 13.2 Å². The van der Waals surface area contributed by atoms with E-state index in [1.54, 1.807) is 0 Å². The Morgan fingerprint density at radius 2 is 1.59 bits per heavy atom. The van der Waals surface area contributed by atoms with E-state index in [-0.39, 0.29) is 24.3 Å². The van der Waals surface area contributed by atoms with Gasteiger partial charge in [0.25, 0.3) is 5.91 Å². The van der Waals surface area contributed by atoms with Crippen LogP contribution in [-0.2, 0) is 15.8 Å². The maximum absolute atomic E-state index is 12.5. The van der Waals surface area contributed by atoms with Crippen molar-refractivity contribution in [3.63, 3.8) is 0 Å². The Hall–Kier alpha value is -2.58. The van der Waals surface area contributed by atoms with Gasteiger partial charge in [-0.15, -0.1) is 0 Å². The monoisotopic (exact) mass is 415 g/mol. The molecule has 0 saturated heterocycles. The summed E-state index contributed by atoms with van der Waals surface area (Å²) in [6.45, 7) is 4.75. The zero-order chi connectivity index (χ0) is 21.9. The summed E-state index contributed by atoms with van der Waals surface area (Å²) in [5.74, 6) is -1.16. The molecule has 0 aliphatic heterocycles. The second-order valence-corrected chi connectivity index (χ2v) is 6.80. The highest BCUT2D eigenvalue weighted by molar-refractivity contribution is 5.95. The third-order valence-corrected chi connectivity index (χ3v) is 4.50. The molecule has 0 saturated carbocycles. The Bertz CT molecular complexity index is 676. The minimum Gasteiger partial charge on any atom is -0.356 e. The Balaban J connectivity index is 2.32. The first-order valence-electron chi connectivity index (χ1n) is 9.70. The lowest BCUT2D eigenvalue weighted by atomic mass is 9.99. The van der Waals surface area contributed by atoms with Gasteiger partial charge < -0.3 is 5.32 Å². The van der Waals surface area contributed by atoms with Crippen molar-refractivity contribution in [2.24, 2.45) is 5.92 Å². The summed E-state index contributed by atoms with van der Waals surface area (Å²) in [7, 11) is 0. The van der Waals surface area contributed by atoms with E-state index in [0.29, 0.717) is 12.5 Å². The summed E-state index contributed by atoms with van der Waals surface area (Å²) in [5.41, 5.74) is 3.35. The highest BCUT2D eigenvalue weighted by atomic mass is 19.4. The van der Waals surface area contributed by atoms with Crippen LogP contribution in [0.25, 0.3) is 0 Å². The minimum absolute atomic E-state index is 0.0216. The number of hydrogen-bond donors (Lipinski definition) is 3. The molecule has 1 aromatic carbocycles. The van der Waals surface area contributed by atoms with Crippen molar-refractivity contribution in [2.45, 2.75) is 58.5 Å². The van der Waals surface area contributed by atoms with Crippen molar-refractivity contribution in [3.8, 4) is 0 Å². The number of hydrogen-bond acceptors (Lipinski definition) is 3. The molecule has 3 N–H and O–H groups in total. The van der Waals surface area contributed by atoms with Crippen LogP contribution in [0, 0.1) is 5.92 Å². The average Bonchev–Trinajstić information content (AvgIpc) is 2.70. The smallest absolute Gasteiger partial charge is 0.356 e. The number of rotatable bonds is 10. The van der Waals surface area contributed by atoms with E-state index in [2.05, 4.69) is 30.0 Å². The lowest BCUT2D eigenvalue weighted by Crippen LogP contribution is -2.42. The third kappa shape index (κ3) is 9.45. The molecule has 3 amide bonds. The van der Waals surface area contributed by atoms with Gasteiger partial charge in [-0.05, 0) is 36.6 Å². The molecule has 0 aliphatic rings. The molecule has 0 bridgehead atoms. The van der Waals surface area contributed by atoms with Crippen LogP contribution < -0.4 is 16.2 Å². The molecule has 162 valence electrons. The van der Waals surface area contributed by atoms with Crippen molar-refractivity contribution in [2.75, 3.05) is 6.54 Å². The van der Waals surface area contributed by atoms with E-state index >= 15 is 0 Å². The van der Waals surface area contributed by atoms with E-state index in [0.717, 1.165) is 49.9 Å². The standard InChI is InChI=1S/C20H28F3N3O3/c1-3-5-6-14(4-2)13-24-17(27)11-12-18(28)25-26-19(29)15-7-9-16(10-8-15)20(21,22)23/h7-10,14H,3-6,11-13H2,1-2H3,(H,24,27)(H,25,28)(H,26,29). The van der Waals surface area contributed by atoms with Gasteiger partial charge in [0.2, 0.25) is 11.8 Å². The average molecular weight is 415 g/mol. The van der Waals surface area contributed by atoms with Gasteiger partial charge in [0.15, 0.2) is 0 Å². The summed E-state index contributed by atoms with van der Waals surface area (Å²) in [4.78, 5) is 35.5. The molecule has 0 aromatic heterocycles. The molecule has 9 heteroatoms. The SMILES string of the molecule is CCCCC(CC)CNC(=O)CCC(=O)NNC(=O)c1ccc(C(F)(F)F)cc1. The van der Waals surface area contributed by atoms with Crippen molar-refractivity contribution in [1.29, 1.82) is 0 Å². The van der Waals surface area contributed by atoms with Gasteiger partial charge >= 0.3 is 6.18 Å². The molecule has 0 radical (unpaired) electrons. The van der Waals surface area contributed by atoms with Gasteiger partial charge in [0, 0.05) is 24.9 Å². The topological polar surface area (TPSA) is 87.3 Å². The number of unbranched alkanes of at least 4 members (excludes halogenated alkanes) is 1. The Morgan fingerprint density at radius 3 is 2.14 bits per heavy atom. The lowest BCUT2D eigenvalue weighted by molar-refractivity contribution is -0.137. The predicted octanol–water partition coefficient (Wildman–Crippen LogP) is 3.58. The van der Waals surface area contributed by atoms with Crippen LogP contribution in [0.15, 0.2) is 24.3 Å². The van der Waals surface area contributed by atoms with Gasteiger partial charge in [0.05, 0.1) is 5.56 Å². The zero-order valence-electron chi connectivity index (χ0n) is 16.7. The molecule has 29 heavy (non-hydrogen) atoms. The first-order valence-corrected chi connectivity index (χ1v) is 9.70. The van der Waals surface area contributed by atoms with Crippen molar-refractivity contribution >= 4 is 17.7 Å². The van der Waals surface area contributed by atoms with Crippen LogP contribution in [0.1, 0.15) is 68.3 Å². The van der Waals surface area contributed by atoms with E-state index in [4.69, 9.17) is 0 Å². The zero-order valence-corrected chi connectivity index (χ0v) is 16.7. The van der Waals surface area contributed by atoms with Crippen LogP contribution in [0.5, 0.6) is 0 Å². The quantitative estimate of drug-likeness (QED) is 0.511. The minimum atomic E-state index is -4.49. The number of halogens is 3. The van der Waals surface area contributed by atoms with Crippen molar-refractivity contribution in [1.82, 2.24) is 16.2 Å². The van der Waals surface area contributed by atoms with E-state index in [1.807, 2.05) is 0 Å². The summed E-state index contributed by atoms with van der Waals surface area (Å²) in [6, 6.07) is 3.59. The molecule has 1 unspecified atom stereocenters. The summed E-state index contributed by atoms with van der Waals surface area (Å²) >= 11 is 0. The van der Waals surface area contributed by atoms with Gasteiger partial charge in [-0.1, -0.05) is 33.1 Å². The fourth-order valence-electron chi connectivity index (χ4n) is 2.59. The van der Waals surface area contributed by atoms with Crippen molar-refractivity contribution < 1.29 is 27.6 Å². The molecule has 1 rings (SSSR count). The molecule has 0 spiro atoms. The maximum Gasteiger partial charge on any atom is 0.416 e. The molecule has 6 nitrogen and oxygen atoms in total. The second-order valence-electron chi connectivity index (χ2n) is 6.80. The van der Waals surface area contributed by atoms with E-state index in [9.17, 15) is 27.6 Å². The summed E-state index contributed by atoms with van der Waals surface area (Å²) in [5, 5.41) is 2.81. The molecule has 1 aromatic rings. The predicted molar refractivity (Wildman–Crippen MR) is 103 cm³/mol. The van der Waals surface area contributed by atoms with Gasteiger partial charge in [-0.3, -0.25) is 25.2 Å². The van der Waals surface area contributed by atoms with E-state index in [1.165, 1.54) is 0 Å². The largest absolute Gasteiger partial charge is 0.416 e. The fraction of sp³-hybridized carbons (Fsp3) is 0.550. The number of hydrazine groups is 1. The second kappa shape index (κ2) is 12.1. The fourth-order valence-corrected chi connectivity index (χ4v) is 2.59.